The molecule has 1 unspecified atom stereocenters. The Hall–Kier alpha value is -2.38. The minimum Gasteiger partial charge on any atom is -0.369 e. The van der Waals surface area contributed by atoms with Crippen molar-refractivity contribution in [2.45, 2.75) is 39.5 Å². The number of benzene rings is 1. The van der Waals surface area contributed by atoms with Crippen LogP contribution in [0.5, 0.6) is 0 Å². The lowest BCUT2D eigenvalue weighted by Gasteiger charge is -2.34. The first kappa shape index (κ1) is 19.4. The monoisotopic (exact) mass is 388 g/mol. The molecule has 0 radical (unpaired) electrons. The molecular formula is C19H25ClN6O. The molecule has 0 spiro atoms. The smallest absolute Gasteiger partial charge is 0.165 e. The quantitative estimate of drug-likeness (QED) is 0.531. The van der Waals surface area contributed by atoms with Crippen LogP contribution >= 0.6 is 11.6 Å². The summed E-state index contributed by atoms with van der Waals surface area (Å²) in [5.74, 6) is 0.515. The summed E-state index contributed by atoms with van der Waals surface area (Å²) in [6, 6.07) is 7.52. The number of halogens is 1. The maximum absolute atomic E-state index is 11.2. The fraction of sp³-hybridized carbons (Fsp3) is 0.421. The van der Waals surface area contributed by atoms with Crippen LogP contribution in [0.4, 0.5) is 11.5 Å². The van der Waals surface area contributed by atoms with Crippen LogP contribution in [0, 0.1) is 5.92 Å². The zero-order chi connectivity index (χ0) is 19.6. The highest BCUT2D eigenvalue weighted by atomic mass is 35.5. The maximum atomic E-state index is 11.2. The van der Waals surface area contributed by atoms with E-state index in [1.54, 1.807) is 18.5 Å². The molecule has 0 bridgehead atoms. The Morgan fingerprint density at radius 3 is 2.63 bits per heavy atom. The molecule has 0 saturated heterocycles. The molecule has 0 fully saturated rings. The summed E-state index contributed by atoms with van der Waals surface area (Å²) in [5.41, 5.74) is 0.985. The first-order valence-electron chi connectivity index (χ1n) is 8.97. The van der Waals surface area contributed by atoms with Gasteiger partial charge in [0.1, 0.15) is 11.8 Å². The summed E-state index contributed by atoms with van der Waals surface area (Å²) in [6.45, 7) is 8.27. The molecule has 3 rings (SSSR count). The fourth-order valence-electron chi connectivity index (χ4n) is 2.79. The van der Waals surface area contributed by atoms with Crippen LogP contribution in [0.2, 0.25) is 5.02 Å². The van der Waals surface area contributed by atoms with Crippen LogP contribution in [0.15, 0.2) is 36.9 Å². The number of nitrogens with zero attached hydrogens (tertiary/aromatic N) is 4. The van der Waals surface area contributed by atoms with Gasteiger partial charge in [0.2, 0.25) is 0 Å². The molecule has 144 valence electrons. The predicted octanol–water partition coefficient (Wildman–Crippen LogP) is 3.93. The zero-order valence-corrected chi connectivity index (χ0v) is 16.7. The van der Waals surface area contributed by atoms with Gasteiger partial charge in [0.05, 0.1) is 12.9 Å². The lowest BCUT2D eigenvalue weighted by molar-refractivity contribution is 0.0360. The Kier molecular flexibility index (Phi) is 5.53. The number of hydrogen-bond donors (Lipinski definition) is 3. The van der Waals surface area contributed by atoms with Crippen molar-refractivity contribution >= 4 is 34.3 Å². The van der Waals surface area contributed by atoms with Gasteiger partial charge in [-0.3, -0.25) is 0 Å². The van der Waals surface area contributed by atoms with E-state index in [-0.39, 0.29) is 18.5 Å². The SMILES string of the molecule is CC(C)n1cnc2c(NCC(O)(Nc3cccc(Cl)c3)C(C)C)ncnc21. The van der Waals surface area contributed by atoms with Crippen molar-refractivity contribution < 1.29 is 5.11 Å². The maximum Gasteiger partial charge on any atom is 0.165 e. The van der Waals surface area contributed by atoms with Gasteiger partial charge >= 0.3 is 0 Å². The van der Waals surface area contributed by atoms with E-state index in [2.05, 4.69) is 39.4 Å². The molecule has 27 heavy (non-hydrogen) atoms. The topological polar surface area (TPSA) is 87.9 Å². The molecule has 1 atom stereocenters. The third kappa shape index (κ3) is 4.14. The molecular weight excluding hydrogens is 364 g/mol. The van der Waals surface area contributed by atoms with Gasteiger partial charge in [-0.1, -0.05) is 31.5 Å². The Bertz CT molecular complexity index is 925. The number of anilines is 2. The van der Waals surface area contributed by atoms with Gasteiger partial charge in [0.15, 0.2) is 17.2 Å². The van der Waals surface area contributed by atoms with Crippen molar-refractivity contribution in [2.24, 2.45) is 5.92 Å². The molecule has 0 amide bonds. The van der Waals surface area contributed by atoms with Gasteiger partial charge in [-0.05, 0) is 32.0 Å². The molecule has 8 heteroatoms. The van der Waals surface area contributed by atoms with Crippen molar-refractivity contribution in [1.29, 1.82) is 0 Å². The van der Waals surface area contributed by atoms with E-state index >= 15 is 0 Å². The second-order valence-corrected chi connectivity index (χ2v) is 7.64. The number of hydrogen-bond acceptors (Lipinski definition) is 6. The first-order chi connectivity index (χ1) is 12.8. The zero-order valence-electron chi connectivity index (χ0n) is 15.9. The highest BCUT2D eigenvalue weighted by molar-refractivity contribution is 6.30. The molecule has 0 aliphatic rings. The summed E-state index contributed by atoms with van der Waals surface area (Å²) in [4.78, 5) is 13.1. The van der Waals surface area contributed by atoms with Gasteiger partial charge in [0, 0.05) is 22.7 Å². The van der Waals surface area contributed by atoms with E-state index in [1.807, 2.05) is 30.5 Å². The third-order valence-corrected chi connectivity index (χ3v) is 4.82. The van der Waals surface area contributed by atoms with E-state index in [4.69, 9.17) is 11.6 Å². The summed E-state index contributed by atoms with van der Waals surface area (Å²) in [7, 11) is 0. The highest BCUT2D eigenvalue weighted by Gasteiger charge is 2.31. The highest BCUT2D eigenvalue weighted by Crippen LogP contribution is 2.25. The van der Waals surface area contributed by atoms with E-state index < -0.39 is 5.72 Å². The van der Waals surface area contributed by atoms with E-state index in [9.17, 15) is 5.11 Å². The largest absolute Gasteiger partial charge is 0.369 e. The van der Waals surface area contributed by atoms with E-state index in [0.29, 0.717) is 16.4 Å². The van der Waals surface area contributed by atoms with Crippen molar-refractivity contribution in [3.05, 3.63) is 41.9 Å². The van der Waals surface area contributed by atoms with Crippen molar-refractivity contribution in [2.75, 3.05) is 17.2 Å². The van der Waals surface area contributed by atoms with Crippen LogP contribution in [0.1, 0.15) is 33.7 Å². The number of fused-ring (bicyclic) bond motifs is 1. The van der Waals surface area contributed by atoms with Crippen LogP contribution in [-0.4, -0.2) is 36.9 Å². The molecule has 7 nitrogen and oxygen atoms in total. The number of imidazole rings is 1. The van der Waals surface area contributed by atoms with Gasteiger partial charge in [0.25, 0.3) is 0 Å². The van der Waals surface area contributed by atoms with Crippen molar-refractivity contribution in [3.63, 3.8) is 0 Å². The summed E-state index contributed by atoms with van der Waals surface area (Å²) >= 11 is 6.05. The third-order valence-electron chi connectivity index (χ3n) is 4.58. The summed E-state index contributed by atoms with van der Waals surface area (Å²) in [6.07, 6.45) is 3.26. The standard InChI is InChI=1S/C19H25ClN6O/c1-12(2)19(27,25-15-7-5-6-14(20)8-15)9-21-17-16-18(23-10-22-17)26(11-24-16)13(3)4/h5-8,10-13,25,27H,9H2,1-4H3,(H,21,22,23). The average molecular weight is 389 g/mol. The Labute approximate surface area is 163 Å². The number of nitrogens with one attached hydrogen (secondary N) is 2. The minimum atomic E-state index is -1.21. The molecule has 0 aliphatic heterocycles. The fourth-order valence-corrected chi connectivity index (χ4v) is 2.98. The Balaban J connectivity index is 1.83. The number of aromatic nitrogens is 4. The van der Waals surface area contributed by atoms with Gasteiger partial charge < -0.3 is 20.3 Å². The van der Waals surface area contributed by atoms with Crippen LogP contribution in [0.25, 0.3) is 11.2 Å². The van der Waals surface area contributed by atoms with Crippen molar-refractivity contribution in [1.82, 2.24) is 19.5 Å². The molecule has 0 aliphatic carbocycles. The number of aliphatic hydroxyl groups is 1. The average Bonchev–Trinajstić information content (AvgIpc) is 3.04. The second kappa shape index (κ2) is 7.70. The van der Waals surface area contributed by atoms with Crippen molar-refractivity contribution in [3.8, 4) is 0 Å². The lowest BCUT2D eigenvalue weighted by Crippen LogP contribution is -2.49. The van der Waals surface area contributed by atoms with Crippen LogP contribution in [-0.2, 0) is 0 Å². The molecule has 2 aromatic heterocycles. The van der Waals surface area contributed by atoms with Gasteiger partial charge in [-0.25, -0.2) is 15.0 Å². The molecule has 1 aromatic carbocycles. The first-order valence-corrected chi connectivity index (χ1v) is 9.35. The lowest BCUT2D eigenvalue weighted by atomic mass is 9.99. The van der Waals surface area contributed by atoms with Crippen LogP contribution < -0.4 is 10.6 Å². The predicted molar refractivity (Wildman–Crippen MR) is 109 cm³/mol. The number of rotatable bonds is 7. The minimum absolute atomic E-state index is 0.0745. The molecule has 3 aromatic rings. The Morgan fingerprint density at radius 2 is 1.96 bits per heavy atom. The van der Waals surface area contributed by atoms with E-state index in [0.717, 1.165) is 11.3 Å². The Morgan fingerprint density at radius 1 is 1.19 bits per heavy atom. The van der Waals surface area contributed by atoms with Crippen LogP contribution in [0.3, 0.4) is 0 Å². The molecule has 3 N–H and O–H groups in total. The second-order valence-electron chi connectivity index (χ2n) is 7.21. The summed E-state index contributed by atoms with van der Waals surface area (Å²) in [5, 5.41) is 18.2. The van der Waals surface area contributed by atoms with Gasteiger partial charge in [-0.15, -0.1) is 0 Å². The summed E-state index contributed by atoms with van der Waals surface area (Å²) < 4.78 is 1.99. The van der Waals surface area contributed by atoms with E-state index in [1.165, 1.54) is 6.33 Å². The normalized spacial score (nSPS) is 13.9. The molecule has 0 saturated carbocycles. The van der Waals surface area contributed by atoms with Gasteiger partial charge in [-0.2, -0.15) is 0 Å². The molecule has 2 heterocycles.